The number of alkyl halides is 3. The van der Waals surface area contributed by atoms with Crippen LogP contribution in [0.15, 0.2) is 35.6 Å². The molecule has 1 N–H and O–H groups in total. The first-order chi connectivity index (χ1) is 9.33. The fourth-order valence-corrected chi connectivity index (χ4v) is 2.59. The summed E-state index contributed by atoms with van der Waals surface area (Å²) in [7, 11) is 0. The van der Waals surface area contributed by atoms with Crippen molar-refractivity contribution in [2.45, 2.75) is 12.1 Å². The zero-order chi connectivity index (χ0) is 15.0. The van der Waals surface area contributed by atoms with E-state index in [4.69, 9.17) is 5.11 Å². The third kappa shape index (κ3) is 2.00. The predicted octanol–water partition coefficient (Wildman–Crippen LogP) is 2.40. The molecule has 2 atom stereocenters. The van der Waals surface area contributed by atoms with Gasteiger partial charge in [0.05, 0.1) is 11.8 Å². The number of nitroso groups, excluding NO2 is 1. The standard InChI is InChI=1S/C12H11F3N2O3/c13-12(14,15)11(10(18)19)7-17(16-20)6-9(11)8-4-2-1-3-5-8/h1-5,9H,6-7H2,(H,18,19). The number of rotatable bonds is 3. The highest BCUT2D eigenvalue weighted by atomic mass is 19.4. The predicted molar refractivity (Wildman–Crippen MR) is 62.7 cm³/mol. The average Bonchev–Trinajstić information content (AvgIpc) is 2.80. The van der Waals surface area contributed by atoms with Gasteiger partial charge in [-0.25, -0.2) is 0 Å². The van der Waals surface area contributed by atoms with E-state index >= 15 is 0 Å². The molecule has 0 saturated carbocycles. The molecule has 0 aliphatic carbocycles. The van der Waals surface area contributed by atoms with Crippen molar-refractivity contribution in [2.75, 3.05) is 13.1 Å². The van der Waals surface area contributed by atoms with E-state index in [1.807, 2.05) is 0 Å². The van der Waals surface area contributed by atoms with Crippen LogP contribution in [0.25, 0.3) is 0 Å². The molecule has 0 aromatic heterocycles. The maximum atomic E-state index is 13.4. The van der Waals surface area contributed by atoms with E-state index in [9.17, 15) is 22.9 Å². The van der Waals surface area contributed by atoms with E-state index in [0.29, 0.717) is 5.01 Å². The number of hydrogen-bond donors (Lipinski definition) is 1. The summed E-state index contributed by atoms with van der Waals surface area (Å²) in [5.74, 6) is -3.37. The Hall–Kier alpha value is -2.12. The molecule has 0 amide bonds. The first-order valence-corrected chi connectivity index (χ1v) is 5.76. The number of benzene rings is 1. The number of nitrogens with zero attached hydrogens (tertiary/aromatic N) is 2. The van der Waals surface area contributed by atoms with Crippen LogP contribution in [0.3, 0.4) is 0 Å². The second-order valence-electron chi connectivity index (χ2n) is 4.67. The molecule has 20 heavy (non-hydrogen) atoms. The van der Waals surface area contributed by atoms with Gasteiger partial charge in [-0.3, -0.25) is 9.80 Å². The lowest BCUT2D eigenvalue weighted by Crippen LogP contribution is -2.50. The van der Waals surface area contributed by atoms with Gasteiger partial charge in [0.15, 0.2) is 5.41 Å². The number of aliphatic carboxylic acids is 1. The van der Waals surface area contributed by atoms with Gasteiger partial charge < -0.3 is 5.11 Å². The monoisotopic (exact) mass is 288 g/mol. The molecular weight excluding hydrogens is 277 g/mol. The smallest absolute Gasteiger partial charge is 0.407 e. The fourth-order valence-electron chi connectivity index (χ4n) is 2.59. The van der Waals surface area contributed by atoms with E-state index in [0.717, 1.165) is 0 Å². The fraction of sp³-hybridized carbons (Fsp3) is 0.417. The van der Waals surface area contributed by atoms with E-state index in [2.05, 4.69) is 5.29 Å². The number of carboxylic acid groups (broad SMARTS) is 1. The summed E-state index contributed by atoms with van der Waals surface area (Å²) in [6.45, 7) is -1.35. The maximum absolute atomic E-state index is 13.4. The molecule has 1 aliphatic rings. The molecule has 2 rings (SSSR count). The van der Waals surface area contributed by atoms with E-state index in [-0.39, 0.29) is 12.1 Å². The second-order valence-corrected chi connectivity index (χ2v) is 4.67. The molecule has 1 aromatic rings. The summed E-state index contributed by atoms with van der Waals surface area (Å²) in [5, 5.41) is 12.2. The summed E-state index contributed by atoms with van der Waals surface area (Å²) in [4.78, 5) is 21.9. The third-order valence-electron chi connectivity index (χ3n) is 3.62. The Morgan fingerprint density at radius 2 is 1.95 bits per heavy atom. The molecule has 5 nitrogen and oxygen atoms in total. The van der Waals surface area contributed by atoms with Crippen LogP contribution in [0.1, 0.15) is 11.5 Å². The molecule has 8 heteroatoms. The van der Waals surface area contributed by atoms with Gasteiger partial charge in [0.25, 0.3) is 0 Å². The van der Waals surface area contributed by atoms with Gasteiger partial charge in [-0.15, -0.1) is 4.91 Å². The van der Waals surface area contributed by atoms with Gasteiger partial charge >= 0.3 is 12.1 Å². The Kier molecular flexibility index (Phi) is 3.41. The Labute approximate surface area is 111 Å². The van der Waals surface area contributed by atoms with Crippen LogP contribution in [-0.2, 0) is 4.79 Å². The Morgan fingerprint density at radius 1 is 1.35 bits per heavy atom. The van der Waals surface area contributed by atoms with Crippen LogP contribution >= 0.6 is 0 Å². The van der Waals surface area contributed by atoms with Crippen LogP contribution in [-0.4, -0.2) is 35.4 Å². The first kappa shape index (κ1) is 14.3. The van der Waals surface area contributed by atoms with Crippen LogP contribution in [0.2, 0.25) is 0 Å². The van der Waals surface area contributed by atoms with Gasteiger partial charge in [-0.05, 0) is 5.56 Å². The van der Waals surface area contributed by atoms with Crippen LogP contribution in [0.4, 0.5) is 13.2 Å². The van der Waals surface area contributed by atoms with Crippen molar-refractivity contribution >= 4 is 5.97 Å². The molecule has 2 unspecified atom stereocenters. The molecule has 1 aliphatic heterocycles. The van der Waals surface area contributed by atoms with Crippen molar-refractivity contribution in [3.05, 3.63) is 40.8 Å². The highest BCUT2D eigenvalue weighted by molar-refractivity contribution is 5.78. The van der Waals surface area contributed by atoms with Gasteiger partial charge in [0.2, 0.25) is 0 Å². The molecule has 1 fully saturated rings. The third-order valence-corrected chi connectivity index (χ3v) is 3.62. The van der Waals surface area contributed by atoms with Crippen molar-refractivity contribution in [3.8, 4) is 0 Å². The van der Waals surface area contributed by atoms with Crippen LogP contribution < -0.4 is 0 Å². The van der Waals surface area contributed by atoms with E-state index in [1.54, 1.807) is 6.07 Å². The minimum Gasteiger partial charge on any atom is -0.481 e. The largest absolute Gasteiger partial charge is 0.481 e. The lowest BCUT2D eigenvalue weighted by atomic mass is 9.74. The summed E-state index contributed by atoms with van der Waals surface area (Å²) in [6, 6.07) is 7.50. The van der Waals surface area contributed by atoms with Crippen molar-refractivity contribution in [3.63, 3.8) is 0 Å². The van der Waals surface area contributed by atoms with Gasteiger partial charge in [-0.2, -0.15) is 13.2 Å². The molecule has 1 aromatic carbocycles. The highest BCUT2D eigenvalue weighted by Gasteiger charge is 2.69. The van der Waals surface area contributed by atoms with Crippen molar-refractivity contribution in [2.24, 2.45) is 10.7 Å². The van der Waals surface area contributed by atoms with Gasteiger partial charge in [0, 0.05) is 12.5 Å². The van der Waals surface area contributed by atoms with Gasteiger partial charge in [0.1, 0.15) is 0 Å². The van der Waals surface area contributed by atoms with Crippen molar-refractivity contribution < 1.29 is 23.1 Å². The molecule has 0 spiro atoms. The normalized spacial score (nSPS) is 26.6. The van der Waals surface area contributed by atoms with E-state index < -0.39 is 30.0 Å². The van der Waals surface area contributed by atoms with Crippen LogP contribution in [0, 0.1) is 10.3 Å². The highest BCUT2D eigenvalue weighted by Crippen LogP contribution is 2.53. The van der Waals surface area contributed by atoms with Crippen molar-refractivity contribution in [1.82, 2.24) is 5.01 Å². The minimum absolute atomic E-state index is 0.221. The van der Waals surface area contributed by atoms with Crippen LogP contribution in [0.5, 0.6) is 0 Å². The summed E-state index contributed by atoms with van der Waals surface area (Å²) >= 11 is 0. The number of halogens is 3. The summed E-state index contributed by atoms with van der Waals surface area (Å²) in [5.41, 5.74) is -2.80. The molecule has 108 valence electrons. The quantitative estimate of drug-likeness (QED) is 0.867. The summed E-state index contributed by atoms with van der Waals surface area (Å²) < 4.78 is 40.1. The maximum Gasteiger partial charge on any atom is 0.407 e. The minimum atomic E-state index is -4.99. The zero-order valence-electron chi connectivity index (χ0n) is 10.2. The SMILES string of the molecule is O=NN1CC(c2ccccc2)C(C(=O)O)(C(F)(F)F)C1. The molecule has 0 bridgehead atoms. The Balaban J connectivity index is 2.57. The topological polar surface area (TPSA) is 70.0 Å². The lowest BCUT2D eigenvalue weighted by Gasteiger charge is -2.32. The molecular formula is C12H11F3N2O3. The first-order valence-electron chi connectivity index (χ1n) is 5.76. The second kappa shape index (κ2) is 4.77. The Morgan fingerprint density at radius 3 is 2.40 bits per heavy atom. The van der Waals surface area contributed by atoms with Crippen molar-refractivity contribution in [1.29, 1.82) is 0 Å². The van der Waals surface area contributed by atoms with E-state index in [1.165, 1.54) is 24.3 Å². The van der Waals surface area contributed by atoms with Gasteiger partial charge in [-0.1, -0.05) is 30.3 Å². The summed E-state index contributed by atoms with van der Waals surface area (Å²) in [6.07, 6.45) is -4.99. The zero-order valence-corrected chi connectivity index (χ0v) is 10.2. The molecule has 0 radical (unpaired) electrons. The lowest BCUT2D eigenvalue weighted by molar-refractivity contribution is -0.231. The number of hydrogen-bond acceptors (Lipinski definition) is 3. The average molecular weight is 288 g/mol. The number of carboxylic acids is 1. The number of carbonyl (C=O) groups is 1. The molecule has 1 heterocycles. The Bertz CT molecular complexity index is 520. The molecule has 1 saturated heterocycles.